The number of aromatic nitrogens is 1. The number of benzene rings is 1. The van der Waals surface area contributed by atoms with Gasteiger partial charge < -0.3 is 4.90 Å². The van der Waals surface area contributed by atoms with Gasteiger partial charge in [-0.15, -0.1) is 0 Å². The zero-order chi connectivity index (χ0) is 21.4. The van der Waals surface area contributed by atoms with E-state index in [4.69, 9.17) is 0 Å². The first-order valence-electron chi connectivity index (χ1n) is 9.83. The van der Waals surface area contributed by atoms with Crippen LogP contribution in [-0.2, 0) is 15.4 Å². The number of carbonyl (C=O) groups is 1. The summed E-state index contributed by atoms with van der Waals surface area (Å²) in [5.74, 6) is -0.114. The Balaban J connectivity index is 1.79. The first-order chi connectivity index (χ1) is 13.5. The van der Waals surface area contributed by atoms with Crippen LogP contribution in [0.4, 0.5) is 0 Å². The van der Waals surface area contributed by atoms with Crippen molar-refractivity contribution in [3.63, 3.8) is 0 Å². The lowest BCUT2D eigenvalue weighted by Gasteiger charge is -2.34. The van der Waals surface area contributed by atoms with Crippen LogP contribution in [0.25, 0.3) is 0 Å². The van der Waals surface area contributed by atoms with E-state index in [2.05, 4.69) is 25.8 Å². The summed E-state index contributed by atoms with van der Waals surface area (Å²) in [5, 5.41) is 0. The normalized spacial score (nSPS) is 16.1. The quantitative estimate of drug-likeness (QED) is 0.772. The van der Waals surface area contributed by atoms with Crippen molar-refractivity contribution in [1.82, 2.24) is 14.2 Å². The van der Waals surface area contributed by atoms with Crippen molar-refractivity contribution in [3.8, 4) is 0 Å². The number of nitrogens with zero attached hydrogens (tertiary/aromatic N) is 3. The molecule has 1 aromatic heterocycles. The molecule has 1 amide bonds. The van der Waals surface area contributed by atoms with Crippen molar-refractivity contribution < 1.29 is 13.2 Å². The molecule has 1 aliphatic heterocycles. The first kappa shape index (κ1) is 21.5. The second-order valence-electron chi connectivity index (χ2n) is 8.63. The van der Waals surface area contributed by atoms with E-state index in [1.165, 1.54) is 10.5 Å². The Morgan fingerprint density at radius 1 is 1.03 bits per heavy atom. The van der Waals surface area contributed by atoms with Gasteiger partial charge in [-0.05, 0) is 48.1 Å². The monoisotopic (exact) mass is 415 g/mol. The molecule has 0 atom stereocenters. The summed E-state index contributed by atoms with van der Waals surface area (Å²) in [6, 6.07) is 7.40. The average Bonchev–Trinajstić information content (AvgIpc) is 2.66. The number of rotatable bonds is 3. The van der Waals surface area contributed by atoms with E-state index in [9.17, 15) is 13.2 Å². The topological polar surface area (TPSA) is 70.6 Å². The first-order valence-corrected chi connectivity index (χ1v) is 11.3. The molecular formula is C22H29N3O3S. The molecule has 3 rings (SSSR count). The van der Waals surface area contributed by atoms with Gasteiger partial charge in [-0.2, -0.15) is 4.31 Å². The lowest BCUT2D eigenvalue weighted by Crippen LogP contribution is -2.50. The smallest absolute Gasteiger partial charge is 0.255 e. The fourth-order valence-electron chi connectivity index (χ4n) is 3.72. The molecular weight excluding hydrogens is 386 g/mol. The SMILES string of the molecule is Cc1cc(C(C)(C)C)cc(C)c1S(=O)(=O)N1CCN(C(=O)c2cccnc2)CC1. The number of hydrogen-bond acceptors (Lipinski definition) is 4. The number of amides is 1. The zero-order valence-electron chi connectivity index (χ0n) is 17.8. The van der Waals surface area contributed by atoms with Gasteiger partial charge in [-0.3, -0.25) is 9.78 Å². The highest BCUT2D eigenvalue weighted by molar-refractivity contribution is 7.89. The average molecular weight is 416 g/mol. The molecule has 0 N–H and O–H groups in total. The van der Waals surface area contributed by atoms with E-state index in [-0.39, 0.29) is 24.4 Å². The fourth-order valence-corrected chi connectivity index (χ4v) is 5.56. The van der Waals surface area contributed by atoms with Crippen LogP contribution in [0.1, 0.15) is 47.8 Å². The van der Waals surface area contributed by atoms with E-state index in [0.717, 1.165) is 16.7 Å². The van der Waals surface area contributed by atoms with Crippen molar-refractivity contribution in [2.45, 2.75) is 44.9 Å². The standard InChI is InChI=1S/C22H29N3O3S/c1-16-13-19(22(3,4)5)14-17(2)20(16)29(27,28)25-11-9-24(10-12-25)21(26)18-7-6-8-23-15-18/h6-8,13-15H,9-12H2,1-5H3. The van der Waals surface area contributed by atoms with Crippen LogP contribution >= 0.6 is 0 Å². The Morgan fingerprint density at radius 3 is 2.10 bits per heavy atom. The minimum absolute atomic E-state index is 0.0455. The van der Waals surface area contributed by atoms with Crippen molar-refractivity contribution in [3.05, 3.63) is 58.9 Å². The second-order valence-corrected chi connectivity index (χ2v) is 10.5. The number of piperazine rings is 1. The number of aryl methyl sites for hydroxylation is 2. The number of pyridine rings is 1. The molecule has 0 radical (unpaired) electrons. The summed E-state index contributed by atoms with van der Waals surface area (Å²) in [4.78, 5) is 18.6. The third-order valence-corrected chi connectivity index (χ3v) is 7.56. The predicted octanol–water partition coefficient (Wildman–Crippen LogP) is 3.14. The van der Waals surface area contributed by atoms with E-state index in [1.54, 1.807) is 23.2 Å². The van der Waals surface area contributed by atoms with Crippen LogP contribution in [0.3, 0.4) is 0 Å². The van der Waals surface area contributed by atoms with Gasteiger partial charge in [-0.1, -0.05) is 32.9 Å². The maximum Gasteiger partial charge on any atom is 0.255 e. The van der Waals surface area contributed by atoms with Gasteiger partial charge >= 0.3 is 0 Å². The molecule has 0 saturated carbocycles. The van der Waals surface area contributed by atoms with Gasteiger partial charge in [-0.25, -0.2) is 8.42 Å². The summed E-state index contributed by atoms with van der Waals surface area (Å²) in [6.07, 6.45) is 3.16. The molecule has 1 aliphatic rings. The summed E-state index contributed by atoms with van der Waals surface area (Å²) >= 11 is 0. The van der Waals surface area contributed by atoms with E-state index < -0.39 is 10.0 Å². The summed E-state index contributed by atoms with van der Waals surface area (Å²) in [5.41, 5.74) is 3.13. The summed E-state index contributed by atoms with van der Waals surface area (Å²) in [7, 11) is -3.62. The molecule has 2 heterocycles. The van der Waals surface area contributed by atoms with Gasteiger partial charge in [0.1, 0.15) is 0 Å². The Bertz CT molecular complexity index is 980. The van der Waals surface area contributed by atoms with E-state index in [0.29, 0.717) is 23.5 Å². The Kier molecular flexibility index (Phi) is 5.83. The second kappa shape index (κ2) is 7.88. The molecule has 0 unspecified atom stereocenters. The minimum Gasteiger partial charge on any atom is -0.336 e. The third-order valence-electron chi connectivity index (χ3n) is 5.36. The number of hydrogen-bond donors (Lipinski definition) is 0. The van der Waals surface area contributed by atoms with Crippen LogP contribution in [0.2, 0.25) is 0 Å². The largest absolute Gasteiger partial charge is 0.336 e. The molecule has 29 heavy (non-hydrogen) atoms. The van der Waals surface area contributed by atoms with Crippen molar-refractivity contribution >= 4 is 15.9 Å². The molecule has 1 fully saturated rings. The lowest BCUT2D eigenvalue weighted by molar-refractivity contribution is 0.0697. The Hall–Kier alpha value is -2.25. The fraction of sp³-hybridized carbons (Fsp3) is 0.455. The van der Waals surface area contributed by atoms with E-state index in [1.807, 2.05) is 26.0 Å². The lowest BCUT2D eigenvalue weighted by atomic mass is 9.85. The van der Waals surface area contributed by atoms with Gasteiger partial charge in [0.15, 0.2) is 0 Å². The van der Waals surface area contributed by atoms with Gasteiger partial charge in [0, 0.05) is 38.6 Å². The van der Waals surface area contributed by atoms with Crippen LogP contribution in [0, 0.1) is 13.8 Å². The molecule has 1 aromatic carbocycles. The molecule has 6 nitrogen and oxygen atoms in total. The molecule has 0 bridgehead atoms. The maximum atomic E-state index is 13.3. The Labute approximate surface area is 173 Å². The van der Waals surface area contributed by atoms with E-state index >= 15 is 0 Å². The predicted molar refractivity (Wildman–Crippen MR) is 114 cm³/mol. The third kappa shape index (κ3) is 4.36. The van der Waals surface area contributed by atoms with Crippen LogP contribution in [-0.4, -0.2) is 54.7 Å². The van der Waals surface area contributed by atoms with Crippen molar-refractivity contribution in [1.29, 1.82) is 0 Å². The highest BCUT2D eigenvalue weighted by atomic mass is 32.2. The molecule has 0 aliphatic carbocycles. The minimum atomic E-state index is -3.62. The summed E-state index contributed by atoms with van der Waals surface area (Å²) in [6.45, 7) is 11.4. The molecule has 1 saturated heterocycles. The number of carbonyl (C=O) groups excluding carboxylic acids is 1. The molecule has 7 heteroatoms. The van der Waals surface area contributed by atoms with Crippen molar-refractivity contribution in [2.24, 2.45) is 0 Å². The molecule has 0 spiro atoms. The van der Waals surface area contributed by atoms with Crippen LogP contribution in [0.5, 0.6) is 0 Å². The molecule has 2 aromatic rings. The highest BCUT2D eigenvalue weighted by Gasteiger charge is 2.33. The zero-order valence-corrected chi connectivity index (χ0v) is 18.6. The number of sulfonamides is 1. The van der Waals surface area contributed by atoms with Gasteiger partial charge in [0.05, 0.1) is 10.5 Å². The maximum absolute atomic E-state index is 13.3. The summed E-state index contributed by atoms with van der Waals surface area (Å²) < 4.78 is 28.2. The molecule has 156 valence electrons. The van der Waals surface area contributed by atoms with Crippen molar-refractivity contribution in [2.75, 3.05) is 26.2 Å². The Morgan fingerprint density at radius 2 is 1.62 bits per heavy atom. The van der Waals surface area contributed by atoms with Gasteiger partial charge in [0.25, 0.3) is 5.91 Å². The highest BCUT2D eigenvalue weighted by Crippen LogP contribution is 2.31. The van der Waals surface area contributed by atoms with Crippen LogP contribution in [0.15, 0.2) is 41.6 Å². The van der Waals surface area contributed by atoms with Gasteiger partial charge in [0.2, 0.25) is 10.0 Å². The van der Waals surface area contributed by atoms with Crippen LogP contribution < -0.4 is 0 Å².